The monoisotopic (exact) mass is 450 g/mol. The molecule has 1 aromatic carbocycles. The molecule has 3 atom stereocenters. The van der Waals surface area contributed by atoms with Crippen molar-refractivity contribution in [1.29, 1.82) is 0 Å². The highest BCUT2D eigenvalue weighted by Crippen LogP contribution is 2.38. The third-order valence-electron chi connectivity index (χ3n) is 5.90. The Morgan fingerprint density at radius 1 is 0.969 bits per heavy atom. The molecule has 0 spiro atoms. The number of carboxylic acids is 1. The van der Waals surface area contributed by atoms with E-state index in [4.69, 9.17) is 9.47 Å². The first-order valence-electron chi connectivity index (χ1n) is 11.2. The van der Waals surface area contributed by atoms with Gasteiger partial charge in [0.15, 0.2) is 0 Å². The van der Waals surface area contributed by atoms with Gasteiger partial charge in [0.05, 0.1) is 22.9 Å². The summed E-state index contributed by atoms with van der Waals surface area (Å²) in [4.78, 5) is 37.0. The highest BCUT2D eigenvalue weighted by Gasteiger charge is 2.39. The molecule has 7 heteroatoms. The van der Waals surface area contributed by atoms with Gasteiger partial charge in [-0.25, -0.2) is 0 Å². The van der Waals surface area contributed by atoms with Gasteiger partial charge < -0.3 is 19.7 Å². The van der Waals surface area contributed by atoms with Crippen molar-refractivity contribution in [2.75, 3.05) is 6.61 Å². The summed E-state index contributed by atoms with van der Waals surface area (Å²) in [6, 6.07) is 9.39. The highest BCUT2D eigenvalue weighted by atomic mass is 16.5. The zero-order valence-electron chi connectivity index (χ0n) is 19.9. The molecule has 180 valence electrons. The van der Waals surface area contributed by atoms with Gasteiger partial charge in [0.2, 0.25) is 0 Å². The maximum absolute atomic E-state index is 12.8. The first kappa shape index (κ1) is 27.6. The third kappa shape index (κ3) is 8.99. The van der Waals surface area contributed by atoms with Gasteiger partial charge in [-0.1, -0.05) is 37.3 Å². The summed E-state index contributed by atoms with van der Waals surface area (Å²) < 4.78 is 10.8. The molecule has 3 unspecified atom stereocenters. The van der Waals surface area contributed by atoms with E-state index < -0.39 is 34.8 Å². The van der Waals surface area contributed by atoms with Gasteiger partial charge in [-0.3, -0.25) is 14.4 Å². The fourth-order valence-corrected chi connectivity index (χ4v) is 3.30. The first-order valence-corrected chi connectivity index (χ1v) is 11.2. The molecule has 0 amide bonds. The van der Waals surface area contributed by atoms with Crippen molar-refractivity contribution in [2.45, 2.75) is 79.4 Å². The maximum atomic E-state index is 12.8. The van der Waals surface area contributed by atoms with Crippen LogP contribution in [0.4, 0.5) is 0 Å². The fourth-order valence-electron chi connectivity index (χ4n) is 3.30. The lowest BCUT2D eigenvalue weighted by molar-refractivity contribution is -0.162. The van der Waals surface area contributed by atoms with Crippen LogP contribution in [0.2, 0.25) is 0 Å². The number of aliphatic hydroxyl groups is 1. The van der Waals surface area contributed by atoms with E-state index in [1.54, 1.807) is 27.7 Å². The lowest BCUT2D eigenvalue weighted by atomic mass is 9.74. The summed E-state index contributed by atoms with van der Waals surface area (Å²) in [5.41, 5.74) is -0.922. The number of aliphatic hydroxyl groups excluding tert-OH is 1. The van der Waals surface area contributed by atoms with E-state index in [-0.39, 0.29) is 19.2 Å². The zero-order valence-corrected chi connectivity index (χ0v) is 19.9. The molecule has 0 saturated carbocycles. The normalized spacial score (nSPS) is 15.3. The predicted octanol–water partition coefficient (Wildman–Crippen LogP) is 4.36. The van der Waals surface area contributed by atoms with Crippen LogP contribution in [0, 0.1) is 16.7 Å². The topological polar surface area (TPSA) is 110 Å². The van der Waals surface area contributed by atoms with Crippen LogP contribution < -0.4 is 0 Å². The van der Waals surface area contributed by atoms with Crippen molar-refractivity contribution in [3.63, 3.8) is 0 Å². The number of rotatable bonds is 14. The van der Waals surface area contributed by atoms with Gasteiger partial charge in [-0.2, -0.15) is 0 Å². The smallest absolute Gasteiger partial charge is 0.311 e. The zero-order chi connectivity index (χ0) is 24.4. The molecule has 7 nitrogen and oxygen atoms in total. The number of hydrogen-bond donors (Lipinski definition) is 2. The van der Waals surface area contributed by atoms with Crippen molar-refractivity contribution in [2.24, 2.45) is 16.7 Å². The number of carbonyl (C=O) groups is 3. The predicted molar refractivity (Wildman–Crippen MR) is 121 cm³/mol. The maximum Gasteiger partial charge on any atom is 0.311 e. The minimum absolute atomic E-state index is 0.132. The summed E-state index contributed by atoms with van der Waals surface area (Å²) in [5, 5.41) is 18.8. The molecule has 0 aliphatic carbocycles. The second-order valence-corrected chi connectivity index (χ2v) is 9.44. The molecule has 0 aliphatic rings. The van der Waals surface area contributed by atoms with Crippen LogP contribution in [0.5, 0.6) is 0 Å². The Hall–Kier alpha value is -2.41. The van der Waals surface area contributed by atoms with Gasteiger partial charge >= 0.3 is 17.9 Å². The SMILES string of the molecule is CCC(CCC(C)(CCC(C)(C)C(=O)OCc1ccccc1)C(=O)OCC(C)O)C(=O)O. The van der Waals surface area contributed by atoms with E-state index in [1.165, 1.54) is 6.92 Å². The standard InChI is InChI=1S/C25H38O7/c1-6-20(21(27)28)12-13-25(5,23(30)31-16-18(2)26)15-14-24(3,4)22(29)32-17-19-10-8-7-9-11-19/h7-11,18,20,26H,6,12-17H2,1-5H3,(H,27,28). The van der Waals surface area contributed by atoms with Crippen molar-refractivity contribution >= 4 is 17.9 Å². The summed E-state index contributed by atoms with van der Waals surface area (Å²) in [6.45, 7) is 8.64. The molecular formula is C25H38O7. The van der Waals surface area contributed by atoms with Gasteiger partial charge in [-0.05, 0) is 65.4 Å². The molecule has 0 aliphatic heterocycles. The second kappa shape index (κ2) is 12.6. The number of benzene rings is 1. The van der Waals surface area contributed by atoms with Crippen molar-refractivity contribution in [3.8, 4) is 0 Å². The van der Waals surface area contributed by atoms with Gasteiger partial charge in [0, 0.05) is 0 Å². The largest absolute Gasteiger partial charge is 0.481 e. The van der Waals surface area contributed by atoms with Crippen molar-refractivity contribution in [3.05, 3.63) is 35.9 Å². The molecule has 32 heavy (non-hydrogen) atoms. The highest BCUT2D eigenvalue weighted by molar-refractivity contribution is 5.78. The summed E-state index contributed by atoms with van der Waals surface area (Å²) in [5.74, 6) is -2.30. The van der Waals surface area contributed by atoms with Crippen LogP contribution in [-0.2, 0) is 30.5 Å². The molecule has 2 N–H and O–H groups in total. The van der Waals surface area contributed by atoms with Gasteiger partial charge in [0.1, 0.15) is 13.2 Å². The number of esters is 2. The van der Waals surface area contributed by atoms with E-state index in [0.29, 0.717) is 32.1 Å². The molecule has 0 radical (unpaired) electrons. The van der Waals surface area contributed by atoms with Crippen LogP contribution in [0.25, 0.3) is 0 Å². The van der Waals surface area contributed by atoms with E-state index >= 15 is 0 Å². The van der Waals surface area contributed by atoms with Gasteiger partial charge in [-0.15, -0.1) is 0 Å². The van der Waals surface area contributed by atoms with E-state index in [2.05, 4.69) is 0 Å². The average Bonchev–Trinajstić information content (AvgIpc) is 2.75. The van der Waals surface area contributed by atoms with Gasteiger partial charge in [0.25, 0.3) is 0 Å². The Bertz CT molecular complexity index is 742. The molecule has 0 saturated heterocycles. The number of hydrogen-bond acceptors (Lipinski definition) is 6. The molecular weight excluding hydrogens is 412 g/mol. The van der Waals surface area contributed by atoms with Crippen LogP contribution in [0.1, 0.15) is 72.3 Å². The molecule has 1 rings (SSSR count). The summed E-state index contributed by atoms with van der Waals surface area (Å²) in [7, 11) is 0. The Morgan fingerprint density at radius 2 is 1.59 bits per heavy atom. The molecule has 1 aromatic rings. The first-order chi connectivity index (χ1) is 14.9. The van der Waals surface area contributed by atoms with E-state index in [0.717, 1.165) is 5.56 Å². The average molecular weight is 451 g/mol. The summed E-state index contributed by atoms with van der Waals surface area (Å²) in [6.07, 6.45) is 0.997. The van der Waals surface area contributed by atoms with E-state index in [1.807, 2.05) is 30.3 Å². The van der Waals surface area contributed by atoms with Crippen molar-refractivity contribution in [1.82, 2.24) is 0 Å². The van der Waals surface area contributed by atoms with Crippen LogP contribution in [0.3, 0.4) is 0 Å². The van der Waals surface area contributed by atoms with Crippen LogP contribution in [-0.4, -0.2) is 40.8 Å². The molecule has 0 heterocycles. The number of carboxylic acid groups (broad SMARTS) is 1. The third-order valence-corrected chi connectivity index (χ3v) is 5.90. The lowest BCUT2D eigenvalue weighted by Crippen LogP contribution is -2.36. The minimum atomic E-state index is -0.977. The Morgan fingerprint density at radius 3 is 2.12 bits per heavy atom. The quantitative estimate of drug-likeness (QED) is 0.405. The number of ether oxygens (including phenoxy) is 2. The number of aliphatic carboxylic acids is 1. The van der Waals surface area contributed by atoms with Crippen LogP contribution in [0.15, 0.2) is 30.3 Å². The fraction of sp³-hybridized carbons (Fsp3) is 0.640. The summed E-state index contributed by atoms with van der Waals surface area (Å²) >= 11 is 0. The van der Waals surface area contributed by atoms with Crippen molar-refractivity contribution < 1.29 is 34.1 Å². The lowest BCUT2D eigenvalue weighted by Gasteiger charge is -2.32. The molecule has 0 fully saturated rings. The number of carbonyl (C=O) groups excluding carboxylic acids is 2. The Labute approximate surface area is 191 Å². The molecule has 0 aromatic heterocycles. The Balaban J connectivity index is 2.83. The minimum Gasteiger partial charge on any atom is -0.481 e. The van der Waals surface area contributed by atoms with Crippen LogP contribution >= 0.6 is 0 Å². The Kier molecular flexibility index (Phi) is 10.9. The van der Waals surface area contributed by atoms with E-state index in [9.17, 15) is 24.6 Å². The molecule has 0 bridgehead atoms. The second-order valence-electron chi connectivity index (χ2n) is 9.44.